The van der Waals surface area contributed by atoms with Crippen molar-refractivity contribution in [3.8, 4) is 0 Å². The number of thioether (sulfide) groups is 1. The van der Waals surface area contributed by atoms with Gasteiger partial charge in [-0.15, -0.1) is 11.8 Å². The number of aryl methyl sites for hydroxylation is 1. The maximum Gasteiger partial charge on any atom is 0.317 e. The zero-order valence-corrected chi connectivity index (χ0v) is 9.91. The highest BCUT2D eigenvalue weighted by Crippen LogP contribution is 2.30. The fourth-order valence-electron chi connectivity index (χ4n) is 1.20. The summed E-state index contributed by atoms with van der Waals surface area (Å²) in [6, 6.07) is 1.86. The summed E-state index contributed by atoms with van der Waals surface area (Å²) in [6.07, 6.45) is 3.44. The van der Waals surface area contributed by atoms with Gasteiger partial charge in [-0.3, -0.25) is 9.78 Å². The lowest BCUT2D eigenvalue weighted by molar-refractivity contribution is -0.137. The van der Waals surface area contributed by atoms with E-state index in [0.29, 0.717) is 0 Å². The van der Waals surface area contributed by atoms with Crippen molar-refractivity contribution >= 4 is 17.7 Å². The molecule has 0 bridgehead atoms. The number of aliphatic carboxylic acids is 1. The van der Waals surface area contributed by atoms with E-state index in [1.54, 1.807) is 12.4 Å². The SMILES string of the molecule is Cc1cnccc1SC(C(=O)O)C(C)C. The van der Waals surface area contributed by atoms with E-state index < -0.39 is 11.2 Å². The average Bonchev–Trinajstić information content (AvgIpc) is 2.15. The van der Waals surface area contributed by atoms with Gasteiger partial charge in [-0.25, -0.2) is 0 Å². The first-order chi connectivity index (χ1) is 7.02. The second-order valence-corrected chi connectivity index (χ2v) is 4.95. The molecule has 1 heterocycles. The van der Waals surface area contributed by atoms with Crippen LogP contribution in [0.4, 0.5) is 0 Å². The predicted molar refractivity (Wildman–Crippen MR) is 61.1 cm³/mol. The third-order valence-electron chi connectivity index (χ3n) is 2.07. The summed E-state index contributed by atoms with van der Waals surface area (Å²) in [7, 11) is 0. The lowest BCUT2D eigenvalue weighted by Gasteiger charge is -2.16. The molecule has 0 radical (unpaired) electrons. The van der Waals surface area contributed by atoms with Crippen molar-refractivity contribution in [2.45, 2.75) is 30.9 Å². The molecule has 0 amide bonds. The normalized spacial score (nSPS) is 12.8. The van der Waals surface area contributed by atoms with E-state index >= 15 is 0 Å². The van der Waals surface area contributed by atoms with Crippen LogP contribution in [0.25, 0.3) is 0 Å². The molecule has 3 nitrogen and oxygen atoms in total. The third kappa shape index (κ3) is 3.23. The summed E-state index contributed by atoms with van der Waals surface area (Å²) in [6.45, 7) is 5.78. The monoisotopic (exact) mass is 225 g/mol. The molecule has 82 valence electrons. The van der Waals surface area contributed by atoms with Gasteiger partial charge in [0.1, 0.15) is 5.25 Å². The van der Waals surface area contributed by atoms with Crippen LogP contribution in [-0.4, -0.2) is 21.3 Å². The molecular formula is C11H15NO2S. The smallest absolute Gasteiger partial charge is 0.317 e. The molecule has 0 aliphatic carbocycles. The van der Waals surface area contributed by atoms with Crippen LogP contribution in [0.3, 0.4) is 0 Å². The molecule has 4 heteroatoms. The van der Waals surface area contributed by atoms with Crippen molar-refractivity contribution < 1.29 is 9.90 Å². The van der Waals surface area contributed by atoms with E-state index in [4.69, 9.17) is 5.11 Å². The highest BCUT2D eigenvalue weighted by molar-refractivity contribution is 8.00. The van der Waals surface area contributed by atoms with E-state index in [1.165, 1.54) is 11.8 Å². The van der Waals surface area contributed by atoms with Crippen molar-refractivity contribution in [1.29, 1.82) is 0 Å². The Morgan fingerprint density at radius 2 is 2.20 bits per heavy atom. The van der Waals surface area contributed by atoms with Crippen LogP contribution in [0.15, 0.2) is 23.4 Å². The van der Waals surface area contributed by atoms with Gasteiger partial charge < -0.3 is 5.11 Å². The summed E-state index contributed by atoms with van der Waals surface area (Å²) in [5.41, 5.74) is 1.02. The number of nitrogens with zero attached hydrogens (tertiary/aromatic N) is 1. The van der Waals surface area contributed by atoms with Gasteiger partial charge in [-0.2, -0.15) is 0 Å². The topological polar surface area (TPSA) is 50.2 Å². The highest BCUT2D eigenvalue weighted by Gasteiger charge is 2.23. The van der Waals surface area contributed by atoms with Gasteiger partial charge in [0.25, 0.3) is 0 Å². The Labute approximate surface area is 93.9 Å². The minimum Gasteiger partial charge on any atom is -0.480 e. The van der Waals surface area contributed by atoms with Gasteiger partial charge >= 0.3 is 5.97 Å². The summed E-state index contributed by atoms with van der Waals surface area (Å²) < 4.78 is 0. The van der Waals surface area contributed by atoms with Gasteiger partial charge in [0, 0.05) is 17.3 Å². The van der Waals surface area contributed by atoms with Gasteiger partial charge in [0.15, 0.2) is 0 Å². The molecule has 1 N–H and O–H groups in total. The minimum atomic E-state index is -0.758. The Hall–Kier alpha value is -1.03. The third-order valence-corrected chi connectivity index (χ3v) is 3.78. The van der Waals surface area contributed by atoms with Crippen molar-refractivity contribution in [2.75, 3.05) is 0 Å². The second-order valence-electron chi connectivity index (χ2n) is 3.76. The molecule has 1 rings (SSSR count). The maximum absolute atomic E-state index is 11.0. The van der Waals surface area contributed by atoms with Gasteiger partial charge in [-0.1, -0.05) is 13.8 Å². The molecule has 0 aliphatic rings. The molecule has 1 aromatic heterocycles. The van der Waals surface area contributed by atoms with E-state index in [-0.39, 0.29) is 5.92 Å². The number of hydrogen-bond donors (Lipinski definition) is 1. The summed E-state index contributed by atoms with van der Waals surface area (Å²) in [5.74, 6) is -0.647. The number of carboxylic acid groups (broad SMARTS) is 1. The van der Waals surface area contributed by atoms with Gasteiger partial charge in [0.05, 0.1) is 0 Å². The number of pyridine rings is 1. The van der Waals surface area contributed by atoms with Crippen LogP contribution in [0.5, 0.6) is 0 Å². The number of hydrogen-bond acceptors (Lipinski definition) is 3. The zero-order valence-electron chi connectivity index (χ0n) is 9.10. The molecule has 1 atom stereocenters. The first kappa shape index (κ1) is 12.0. The molecule has 0 saturated heterocycles. The Kier molecular flexibility index (Phi) is 4.15. The van der Waals surface area contributed by atoms with Crippen LogP contribution in [0, 0.1) is 12.8 Å². The molecular weight excluding hydrogens is 210 g/mol. The van der Waals surface area contributed by atoms with Crippen LogP contribution >= 0.6 is 11.8 Å². The van der Waals surface area contributed by atoms with E-state index in [2.05, 4.69) is 4.98 Å². The van der Waals surface area contributed by atoms with Crippen molar-refractivity contribution in [2.24, 2.45) is 5.92 Å². The fourth-order valence-corrected chi connectivity index (χ4v) is 2.23. The Morgan fingerprint density at radius 1 is 1.53 bits per heavy atom. The van der Waals surface area contributed by atoms with Crippen molar-refractivity contribution in [3.63, 3.8) is 0 Å². The van der Waals surface area contributed by atoms with E-state index in [0.717, 1.165) is 10.5 Å². The molecule has 15 heavy (non-hydrogen) atoms. The van der Waals surface area contributed by atoms with Crippen molar-refractivity contribution in [1.82, 2.24) is 4.98 Å². The fraction of sp³-hybridized carbons (Fsp3) is 0.455. The first-order valence-corrected chi connectivity index (χ1v) is 5.70. The van der Waals surface area contributed by atoms with Crippen LogP contribution in [0.2, 0.25) is 0 Å². The molecule has 1 unspecified atom stereocenters. The summed E-state index contributed by atoms with van der Waals surface area (Å²) in [5, 5.41) is 8.66. The number of carbonyl (C=O) groups is 1. The second kappa shape index (κ2) is 5.16. The summed E-state index contributed by atoms with van der Waals surface area (Å²) in [4.78, 5) is 16.0. The first-order valence-electron chi connectivity index (χ1n) is 4.82. The molecule has 0 aliphatic heterocycles. The highest BCUT2D eigenvalue weighted by atomic mass is 32.2. The molecule has 0 aromatic carbocycles. The van der Waals surface area contributed by atoms with E-state index in [1.807, 2.05) is 26.8 Å². The minimum absolute atomic E-state index is 0.111. The number of aromatic nitrogens is 1. The lowest BCUT2D eigenvalue weighted by atomic mass is 10.1. The maximum atomic E-state index is 11.0. The molecule has 0 fully saturated rings. The van der Waals surface area contributed by atoms with Gasteiger partial charge in [-0.05, 0) is 24.5 Å². The number of carboxylic acids is 1. The Bertz CT molecular complexity index is 352. The molecule has 0 spiro atoms. The quantitative estimate of drug-likeness (QED) is 0.800. The average molecular weight is 225 g/mol. The molecule has 1 aromatic rings. The Balaban J connectivity index is 2.84. The predicted octanol–water partition coefficient (Wildman–Crippen LogP) is 2.59. The summed E-state index contributed by atoms with van der Waals surface area (Å²) >= 11 is 1.39. The van der Waals surface area contributed by atoms with E-state index in [9.17, 15) is 4.79 Å². The van der Waals surface area contributed by atoms with Crippen LogP contribution in [-0.2, 0) is 4.79 Å². The zero-order chi connectivity index (χ0) is 11.4. The van der Waals surface area contributed by atoms with Crippen LogP contribution < -0.4 is 0 Å². The largest absolute Gasteiger partial charge is 0.480 e. The molecule has 0 saturated carbocycles. The standard InChI is InChI=1S/C11H15NO2S/c1-7(2)10(11(13)14)15-9-4-5-12-6-8(9)3/h4-7,10H,1-3H3,(H,13,14). The van der Waals surface area contributed by atoms with Gasteiger partial charge in [0.2, 0.25) is 0 Å². The Morgan fingerprint density at radius 3 is 2.67 bits per heavy atom. The van der Waals surface area contributed by atoms with Crippen LogP contribution in [0.1, 0.15) is 19.4 Å². The number of rotatable bonds is 4. The lowest BCUT2D eigenvalue weighted by Crippen LogP contribution is -2.22. The van der Waals surface area contributed by atoms with Crippen molar-refractivity contribution in [3.05, 3.63) is 24.0 Å².